The van der Waals surface area contributed by atoms with Crippen molar-refractivity contribution in [1.82, 2.24) is 0 Å². The van der Waals surface area contributed by atoms with Crippen LogP contribution in [0.15, 0.2) is 18.2 Å². The van der Waals surface area contributed by atoms with Crippen molar-refractivity contribution in [3.8, 4) is 0 Å². The van der Waals surface area contributed by atoms with Crippen molar-refractivity contribution in [3.63, 3.8) is 0 Å². The van der Waals surface area contributed by atoms with E-state index in [2.05, 4.69) is 25.1 Å². The highest BCUT2D eigenvalue weighted by atomic mass is 14.3. The van der Waals surface area contributed by atoms with E-state index in [4.69, 9.17) is 0 Å². The monoisotopic (exact) mass is 242 g/mol. The molecule has 0 heteroatoms. The molecule has 2 aliphatic carbocycles. The highest BCUT2D eigenvalue weighted by Crippen LogP contribution is 2.36. The lowest BCUT2D eigenvalue weighted by Crippen LogP contribution is -2.20. The average molecular weight is 242 g/mol. The number of hydrogen-bond donors (Lipinski definition) is 0. The van der Waals surface area contributed by atoms with Gasteiger partial charge in [0.05, 0.1) is 0 Å². The molecule has 1 aromatic carbocycles. The standard InChI is InChI=1S/C18H26/c1-14-12-15(13-14)6-4-8-17-10-5-9-16-7-2-3-11-18(16)17/h5,9-10,14-15H,2-4,6-8,11-13H2,1H3. The second-order valence-electron chi connectivity index (χ2n) is 6.60. The molecule has 0 atom stereocenters. The van der Waals surface area contributed by atoms with Crippen molar-refractivity contribution in [3.05, 3.63) is 34.9 Å². The van der Waals surface area contributed by atoms with E-state index in [1.807, 2.05) is 0 Å². The summed E-state index contributed by atoms with van der Waals surface area (Å²) in [6.45, 7) is 2.39. The average Bonchev–Trinajstić information content (AvgIpc) is 2.37. The topological polar surface area (TPSA) is 0 Å². The van der Waals surface area contributed by atoms with Gasteiger partial charge in [-0.15, -0.1) is 0 Å². The highest BCUT2D eigenvalue weighted by Gasteiger charge is 2.24. The maximum Gasteiger partial charge on any atom is -0.0273 e. The Morgan fingerprint density at radius 1 is 1.11 bits per heavy atom. The minimum atomic E-state index is 1.01. The molecule has 1 fully saturated rings. The van der Waals surface area contributed by atoms with E-state index in [1.54, 1.807) is 16.7 Å². The fraction of sp³-hybridized carbons (Fsp3) is 0.667. The van der Waals surface area contributed by atoms with Crippen LogP contribution in [0.3, 0.4) is 0 Å². The van der Waals surface area contributed by atoms with Crippen LogP contribution in [0.2, 0.25) is 0 Å². The van der Waals surface area contributed by atoms with Crippen molar-refractivity contribution in [2.45, 2.75) is 64.7 Å². The third kappa shape index (κ3) is 2.63. The van der Waals surface area contributed by atoms with E-state index >= 15 is 0 Å². The van der Waals surface area contributed by atoms with Crippen LogP contribution in [-0.4, -0.2) is 0 Å². The lowest BCUT2D eigenvalue weighted by atomic mass is 9.73. The van der Waals surface area contributed by atoms with Crippen LogP contribution >= 0.6 is 0 Å². The van der Waals surface area contributed by atoms with Crippen LogP contribution in [0.25, 0.3) is 0 Å². The number of fused-ring (bicyclic) bond motifs is 1. The summed E-state index contributed by atoms with van der Waals surface area (Å²) in [6.07, 6.45) is 12.7. The Kier molecular flexibility index (Phi) is 3.72. The van der Waals surface area contributed by atoms with E-state index in [9.17, 15) is 0 Å². The molecule has 0 nitrogen and oxygen atoms in total. The van der Waals surface area contributed by atoms with Gasteiger partial charge in [0.2, 0.25) is 0 Å². The molecule has 0 spiro atoms. The van der Waals surface area contributed by atoms with Crippen molar-refractivity contribution in [2.75, 3.05) is 0 Å². The first-order valence-corrected chi connectivity index (χ1v) is 7.92. The van der Waals surface area contributed by atoms with Gasteiger partial charge in [0, 0.05) is 0 Å². The molecule has 0 bridgehead atoms. The van der Waals surface area contributed by atoms with Gasteiger partial charge in [0.15, 0.2) is 0 Å². The van der Waals surface area contributed by atoms with Gasteiger partial charge < -0.3 is 0 Å². The zero-order valence-electron chi connectivity index (χ0n) is 11.8. The van der Waals surface area contributed by atoms with E-state index in [0.29, 0.717) is 0 Å². The lowest BCUT2D eigenvalue weighted by Gasteiger charge is -2.32. The highest BCUT2D eigenvalue weighted by molar-refractivity contribution is 5.37. The van der Waals surface area contributed by atoms with Gasteiger partial charge in [-0.25, -0.2) is 0 Å². The summed E-state index contributed by atoms with van der Waals surface area (Å²) < 4.78 is 0. The second kappa shape index (κ2) is 5.47. The van der Waals surface area contributed by atoms with Crippen LogP contribution in [0.4, 0.5) is 0 Å². The predicted octanol–water partition coefficient (Wildman–Crippen LogP) is 4.93. The normalized spacial score (nSPS) is 26.5. The molecule has 1 saturated carbocycles. The number of hydrogen-bond acceptors (Lipinski definition) is 0. The summed E-state index contributed by atoms with van der Waals surface area (Å²) in [5.74, 6) is 2.07. The first-order valence-electron chi connectivity index (χ1n) is 7.92. The van der Waals surface area contributed by atoms with Gasteiger partial charge in [-0.05, 0) is 79.9 Å². The predicted molar refractivity (Wildman–Crippen MR) is 77.9 cm³/mol. The minimum Gasteiger partial charge on any atom is -0.0625 e. The smallest absolute Gasteiger partial charge is 0.0273 e. The van der Waals surface area contributed by atoms with Gasteiger partial charge in [-0.1, -0.05) is 31.5 Å². The number of benzene rings is 1. The summed E-state index contributed by atoms with van der Waals surface area (Å²) >= 11 is 0. The maximum atomic E-state index is 2.39. The van der Waals surface area contributed by atoms with Crippen molar-refractivity contribution < 1.29 is 0 Å². The fourth-order valence-corrected chi connectivity index (χ4v) is 3.98. The van der Waals surface area contributed by atoms with Crippen LogP contribution in [0, 0.1) is 11.8 Å². The summed E-state index contributed by atoms with van der Waals surface area (Å²) in [4.78, 5) is 0. The Balaban J connectivity index is 1.55. The van der Waals surface area contributed by atoms with Crippen LogP contribution < -0.4 is 0 Å². The largest absolute Gasteiger partial charge is 0.0625 e. The Morgan fingerprint density at radius 2 is 1.94 bits per heavy atom. The molecule has 2 aliphatic rings. The Morgan fingerprint density at radius 3 is 2.78 bits per heavy atom. The molecule has 0 saturated heterocycles. The summed E-state index contributed by atoms with van der Waals surface area (Å²) in [5.41, 5.74) is 5.03. The van der Waals surface area contributed by atoms with Gasteiger partial charge in [-0.2, -0.15) is 0 Å². The third-order valence-corrected chi connectivity index (χ3v) is 5.02. The summed E-state index contributed by atoms with van der Waals surface area (Å²) in [7, 11) is 0. The molecule has 0 aromatic heterocycles. The Hall–Kier alpha value is -0.780. The van der Waals surface area contributed by atoms with Crippen molar-refractivity contribution in [2.24, 2.45) is 11.8 Å². The molecule has 0 heterocycles. The van der Waals surface area contributed by atoms with Crippen molar-refractivity contribution >= 4 is 0 Å². The summed E-state index contributed by atoms with van der Waals surface area (Å²) in [6, 6.07) is 7.02. The first kappa shape index (κ1) is 12.3. The van der Waals surface area contributed by atoms with Gasteiger partial charge in [0.1, 0.15) is 0 Å². The molecule has 18 heavy (non-hydrogen) atoms. The van der Waals surface area contributed by atoms with E-state index < -0.39 is 0 Å². The Bertz CT molecular complexity index is 398. The number of rotatable bonds is 4. The minimum absolute atomic E-state index is 1.01. The Labute approximate surface area is 112 Å². The van der Waals surface area contributed by atoms with Crippen LogP contribution in [0.5, 0.6) is 0 Å². The molecular formula is C18H26. The van der Waals surface area contributed by atoms with E-state index in [0.717, 1.165) is 11.8 Å². The molecule has 0 amide bonds. The van der Waals surface area contributed by atoms with Gasteiger partial charge in [0.25, 0.3) is 0 Å². The van der Waals surface area contributed by atoms with Gasteiger partial charge >= 0.3 is 0 Å². The molecule has 0 aliphatic heterocycles. The lowest BCUT2D eigenvalue weighted by molar-refractivity contribution is 0.196. The van der Waals surface area contributed by atoms with Crippen molar-refractivity contribution in [1.29, 1.82) is 0 Å². The third-order valence-electron chi connectivity index (χ3n) is 5.02. The fourth-order valence-electron chi connectivity index (χ4n) is 3.98. The molecular weight excluding hydrogens is 216 g/mol. The van der Waals surface area contributed by atoms with Crippen LogP contribution in [0.1, 0.15) is 62.1 Å². The zero-order chi connectivity index (χ0) is 12.4. The maximum absolute atomic E-state index is 2.39. The molecule has 0 unspecified atom stereocenters. The van der Waals surface area contributed by atoms with E-state index in [-0.39, 0.29) is 0 Å². The molecule has 1 aromatic rings. The molecule has 98 valence electrons. The zero-order valence-corrected chi connectivity index (χ0v) is 11.8. The molecule has 3 rings (SSSR count). The van der Waals surface area contributed by atoms with Gasteiger partial charge in [-0.3, -0.25) is 0 Å². The second-order valence-corrected chi connectivity index (χ2v) is 6.60. The molecule has 0 radical (unpaired) electrons. The SMILES string of the molecule is CC1CC(CCCc2cccc3c2CCCC3)C1. The van der Waals surface area contributed by atoms with E-state index in [1.165, 1.54) is 57.8 Å². The number of aryl methyl sites for hydroxylation is 2. The van der Waals surface area contributed by atoms with Crippen LogP contribution in [-0.2, 0) is 19.3 Å². The quantitative estimate of drug-likeness (QED) is 0.702. The first-order chi connectivity index (χ1) is 8.83. The molecule has 0 N–H and O–H groups in total. The summed E-state index contributed by atoms with van der Waals surface area (Å²) in [5, 5.41) is 0.